The lowest BCUT2D eigenvalue weighted by Gasteiger charge is -2.30. The highest BCUT2D eigenvalue weighted by molar-refractivity contribution is 7.89. The molecule has 1 aliphatic heterocycles. The molecule has 0 N–H and O–H groups in total. The molecule has 0 bridgehead atoms. The maximum Gasteiger partial charge on any atom is 0.245 e. The lowest BCUT2D eigenvalue weighted by Crippen LogP contribution is -2.38. The summed E-state index contributed by atoms with van der Waals surface area (Å²) in [5.74, 6) is -1.81. The molecule has 21 heavy (non-hydrogen) atoms. The maximum atomic E-state index is 14.2. The first-order valence-corrected chi connectivity index (χ1v) is 8.92. The molecule has 0 amide bonds. The molecule has 118 valence electrons. The van der Waals surface area contributed by atoms with Crippen molar-refractivity contribution in [1.29, 1.82) is 0 Å². The van der Waals surface area contributed by atoms with Crippen LogP contribution in [0.1, 0.15) is 31.7 Å². The summed E-state index contributed by atoms with van der Waals surface area (Å²) >= 11 is 5.49. The van der Waals surface area contributed by atoms with E-state index in [1.54, 1.807) is 0 Å². The Bertz CT molecular complexity index is 614. The van der Waals surface area contributed by atoms with Crippen LogP contribution in [-0.2, 0) is 15.9 Å². The standard InChI is InChI=1S/C14H18ClF2NO2S/c1-2-10-5-7-18(8-6-10)21(19,20)13-4-3-12(16)11(9-15)14(13)17/h3-4,10H,2,5-9H2,1H3. The third-order valence-electron chi connectivity index (χ3n) is 4.05. The van der Waals surface area contributed by atoms with Gasteiger partial charge in [-0.25, -0.2) is 17.2 Å². The number of hydrogen-bond donors (Lipinski definition) is 0. The van der Waals surface area contributed by atoms with Gasteiger partial charge in [0.1, 0.15) is 10.7 Å². The SMILES string of the molecule is CCC1CCN(S(=O)(=O)c2ccc(F)c(CCl)c2F)CC1. The second kappa shape index (κ2) is 6.58. The number of rotatable bonds is 4. The van der Waals surface area contributed by atoms with E-state index in [1.165, 1.54) is 4.31 Å². The van der Waals surface area contributed by atoms with Crippen molar-refractivity contribution >= 4 is 21.6 Å². The van der Waals surface area contributed by atoms with Gasteiger partial charge in [-0.15, -0.1) is 11.6 Å². The Morgan fingerprint density at radius 2 is 1.90 bits per heavy atom. The number of benzene rings is 1. The van der Waals surface area contributed by atoms with Crippen LogP contribution in [0.25, 0.3) is 0 Å². The first-order valence-electron chi connectivity index (χ1n) is 6.94. The van der Waals surface area contributed by atoms with Crippen molar-refractivity contribution in [2.45, 2.75) is 37.0 Å². The molecule has 2 rings (SSSR count). The fourth-order valence-electron chi connectivity index (χ4n) is 2.59. The smallest absolute Gasteiger partial charge is 0.207 e. The molecule has 1 aromatic rings. The molecule has 0 unspecified atom stereocenters. The molecule has 1 fully saturated rings. The Morgan fingerprint density at radius 1 is 1.29 bits per heavy atom. The van der Waals surface area contributed by atoms with Gasteiger partial charge in [0.25, 0.3) is 0 Å². The van der Waals surface area contributed by atoms with Gasteiger partial charge in [-0.3, -0.25) is 0 Å². The maximum absolute atomic E-state index is 14.2. The molecule has 1 aromatic carbocycles. The normalized spacial score (nSPS) is 18.1. The van der Waals surface area contributed by atoms with Crippen LogP contribution in [0.15, 0.2) is 17.0 Å². The number of nitrogens with zero attached hydrogens (tertiary/aromatic N) is 1. The van der Waals surface area contributed by atoms with Gasteiger partial charge in [0.05, 0.1) is 5.88 Å². The van der Waals surface area contributed by atoms with Gasteiger partial charge in [0.2, 0.25) is 10.0 Å². The summed E-state index contributed by atoms with van der Waals surface area (Å²) in [4.78, 5) is -0.491. The van der Waals surface area contributed by atoms with Gasteiger partial charge >= 0.3 is 0 Å². The van der Waals surface area contributed by atoms with E-state index in [-0.39, 0.29) is 0 Å². The van der Waals surface area contributed by atoms with E-state index in [9.17, 15) is 17.2 Å². The molecule has 0 aliphatic carbocycles. The minimum Gasteiger partial charge on any atom is -0.207 e. The number of alkyl halides is 1. The lowest BCUT2D eigenvalue weighted by molar-refractivity contribution is 0.268. The molecule has 0 saturated carbocycles. The third-order valence-corrected chi connectivity index (χ3v) is 6.24. The zero-order chi connectivity index (χ0) is 15.6. The summed E-state index contributed by atoms with van der Waals surface area (Å²) in [7, 11) is -3.94. The van der Waals surface area contributed by atoms with Crippen LogP contribution in [0.5, 0.6) is 0 Å². The molecular weight excluding hydrogens is 320 g/mol. The molecule has 1 aliphatic rings. The Hall–Kier alpha value is -0.720. The van der Waals surface area contributed by atoms with Gasteiger partial charge in [0.15, 0.2) is 5.82 Å². The van der Waals surface area contributed by atoms with Crippen molar-refractivity contribution in [2.75, 3.05) is 13.1 Å². The topological polar surface area (TPSA) is 37.4 Å². The largest absolute Gasteiger partial charge is 0.245 e. The van der Waals surface area contributed by atoms with Crippen LogP contribution < -0.4 is 0 Å². The van der Waals surface area contributed by atoms with Gasteiger partial charge in [-0.1, -0.05) is 13.3 Å². The Morgan fingerprint density at radius 3 is 2.43 bits per heavy atom. The minimum absolute atomic E-state index is 0.369. The van der Waals surface area contributed by atoms with Crippen LogP contribution in [0.3, 0.4) is 0 Å². The summed E-state index contributed by atoms with van der Waals surface area (Å²) in [6.45, 7) is 2.81. The number of halogens is 3. The van der Waals surface area contributed by atoms with Crippen LogP contribution in [0.2, 0.25) is 0 Å². The quantitative estimate of drug-likeness (QED) is 0.788. The van der Waals surface area contributed by atoms with Crippen molar-refractivity contribution in [3.8, 4) is 0 Å². The molecule has 7 heteroatoms. The van der Waals surface area contributed by atoms with E-state index in [0.717, 1.165) is 31.4 Å². The van der Waals surface area contributed by atoms with E-state index < -0.39 is 38.0 Å². The average Bonchev–Trinajstić information content (AvgIpc) is 2.47. The third kappa shape index (κ3) is 3.22. The molecule has 0 atom stereocenters. The monoisotopic (exact) mass is 337 g/mol. The van der Waals surface area contributed by atoms with E-state index in [2.05, 4.69) is 6.92 Å². The molecule has 3 nitrogen and oxygen atoms in total. The highest BCUT2D eigenvalue weighted by atomic mass is 35.5. The molecule has 0 radical (unpaired) electrons. The minimum atomic E-state index is -3.94. The number of hydrogen-bond acceptors (Lipinski definition) is 2. The van der Waals surface area contributed by atoms with Crippen LogP contribution in [0, 0.1) is 17.6 Å². The summed E-state index contributed by atoms with van der Waals surface area (Å²) in [5, 5.41) is 0. The fraction of sp³-hybridized carbons (Fsp3) is 0.571. The van der Waals surface area contributed by atoms with Gasteiger partial charge in [0, 0.05) is 18.7 Å². The van der Waals surface area contributed by atoms with Crippen molar-refractivity contribution in [3.05, 3.63) is 29.3 Å². The van der Waals surface area contributed by atoms with Gasteiger partial charge in [-0.2, -0.15) is 4.31 Å². The summed E-state index contributed by atoms with van der Waals surface area (Å²) in [5.41, 5.74) is -0.402. The van der Waals surface area contributed by atoms with E-state index >= 15 is 0 Å². The molecule has 1 heterocycles. The van der Waals surface area contributed by atoms with Crippen molar-refractivity contribution < 1.29 is 17.2 Å². The second-order valence-electron chi connectivity index (χ2n) is 5.23. The van der Waals surface area contributed by atoms with Gasteiger partial charge in [-0.05, 0) is 30.9 Å². The Kier molecular flexibility index (Phi) is 5.22. The second-order valence-corrected chi connectivity index (χ2v) is 7.40. The molecule has 0 aromatic heterocycles. The van der Waals surface area contributed by atoms with Crippen molar-refractivity contribution in [3.63, 3.8) is 0 Å². The predicted molar refractivity (Wildman–Crippen MR) is 77.7 cm³/mol. The van der Waals surface area contributed by atoms with E-state index in [0.29, 0.717) is 19.0 Å². The number of sulfonamides is 1. The first kappa shape index (κ1) is 16.6. The van der Waals surface area contributed by atoms with E-state index in [4.69, 9.17) is 11.6 Å². The highest BCUT2D eigenvalue weighted by Crippen LogP contribution is 2.29. The molecule has 0 spiro atoms. The summed E-state index contributed by atoms with van der Waals surface area (Å²) in [6, 6.07) is 1.93. The summed E-state index contributed by atoms with van der Waals surface area (Å²) in [6.07, 6.45) is 2.54. The zero-order valence-corrected chi connectivity index (χ0v) is 13.4. The predicted octanol–water partition coefficient (Wildman–Crippen LogP) is 3.51. The number of piperidine rings is 1. The van der Waals surface area contributed by atoms with Gasteiger partial charge < -0.3 is 0 Å². The first-order chi connectivity index (χ1) is 9.91. The van der Waals surface area contributed by atoms with Crippen LogP contribution in [-0.4, -0.2) is 25.8 Å². The van der Waals surface area contributed by atoms with Crippen molar-refractivity contribution in [2.24, 2.45) is 5.92 Å². The van der Waals surface area contributed by atoms with Crippen molar-refractivity contribution in [1.82, 2.24) is 4.31 Å². The highest BCUT2D eigenvalue weighted by Gasteiger charge is 2.32. The van der Waals surface area contributed by atoms with E-state index in [1.807, 2.05) is 0 Å². The molecular formula is C14H18ClF2NO2S. The fourth-order valence-corrected chi connectivity index (χ4v) is 4.40. The van der Waals surface area contributed by atoms with Crippen LogP contribution in [0.4, 0.5) is 8.78 Å². The Balaban J connectivity index is 2.33. The average molecular weight is 338 g/mol. The molecule has 1 saturated heterocycles. The zero-order valence-electron chi connectivity index (χ0n) is 11.8. The Labute approximate surface area is 129 Å². The lowest BCUT2D eigenvalue weighted by atomic mass is 9.96. The summed E-state index contributed by atoms with van der Waals surface area (Å²) < 4.78 is 53.9. The van der Waals surface area contributed by atoms with Crippen LogP contribution >= 0.6 is 11.6 Å².